The van der Waals surface area contributed by atoms with Crippen molar-refractivity contribution >= 4 is 17.8 Å². The molecule has 0 radical (unpaired) electrons. The second-order valence-electron chi connectivity index (χ2n) is 5.79. The fourth-order valence-electron chi connectivity index (χ4n) is 2.75. The van der Waals surface area contributed by atoms with E-state index in [2.05, 4.69) is 0 Å². The molecule has 0 aliphatic carbocycles. The van der Waals surface area contributed by atoms with Gasteiger partial charge in [-0.25, -0.2) is 4.79 Å². The number of benzene rings is 2. The lowest BCUT2D eigenvalue weighted by Crippen LogP contribution is -1.99. The first kappa shape index (κ1) is 17.6. The number of rotatable bonds is 5. The van der Waals surface area contributed by atoms with Crippen LogP contribution in [0.5, 0.6) is 17.2 Å². The van der Waals surface area contributed by atoms with Crippen LogP contribution >= 0.6 is 0 Å². The summed E-state index contributed by atoms with van der Waals surface area (Å²) in [5, 5.41) is 0. The van der Waals surface area contributed by atoms with Gasteiger partial charge in [-0.15, -0.1) is 0 Å². The zero-order valence-corrected chi connectivity index (χ0v) is 15.2. The van der Waals surface area contributed by atoms with Crippen molar-refractivity contribution in [2.24, 2.45) is 0 Å². The van der Waals surface area contributed by atoms with Crippen molar-refractivity contribution < 1.29 is 23.7 Å². The number of cyclic esters (lactones) is 1. The monoisotopic (exact) mass is 352 g/mol. The molecule has 0 saturated heterocycles. The maximum absolute atomic E-state index is 12.3. The van der Waals surface area contributed by atoms with Crippen LogP contribution in [0.15, 0.2) is 48.0 Å². The van der Waals surface area contributed by atoms with Gasteiger partial charge in [0.15, 0.2) is 11.5 Å². The van der Waals surface area contributed by atoms with Crippen LogP contribution in [0.1, 0.15) is 16.7 Å². The van der Waals surface area contributed by atoms with E-state index in [4.69, 9.17) is 18.9 Å². The Hall–Kier alpha value is -3.21. The van der Waals surface area contributed by atoms with Crippen LogP contribution < -0.4 is 14.2 Å². The Morgan fingerprint density at radius 3 is 2.19 bits per heavy atom. The third kappa shape index (κ3) is 3.28. The summed E-state index contributed by atoms with van der Waals surface area (Å²) in [7, 11) is 4.64. The van der Waals surface area contributed by atoms with E-state index in [9.17, 15) is 4.79 Å². The number of hydrogen-bond donors (Lipinski definition) is 0. The van der Waals surface area contributed by atoms with Crippen LogP contribution in [0.2, 0.25) is 0 Å². The zero-order chi connectivity index (χ0) is 18.7. The van der Waals surface area contributed by atoms with Gasteiger partial charge in [-0.1, -0.05) is 29.8 Å². The molecule has 0 aromatic heterocycles. The second kappa shape index (κ2) is 7.35. The summed E-state index contributed by atoms with van der Waals surface area (Å²) in [6, 6.07) is 11.4. The Morgan fingerprint density at radius 1 is 0.885 bits per heavy atom. The molecule has 3 rings (SSSR count). The molecule has 2 aromatic carbocycles. The number of aryl methyl sites for hydroxylation is 1. The van der Waals surface area contributed by atoms with Gasteiger partial charge < -0.3 is 18.9 Å². The van der Waals surface area contributed by atoms with E-state index >= 15 is 0 Å². The van der Waals surface area contributed by atoms with Gasteiger partial charge in [0.05, 0.1) is 26.9 Å². The number of methoxy groups -OCH3 is 3. The lowest BCUT2D eigenvalue weighted by atomic mass is 10.1. The van der Waals surface area contributed by atoms with Gasteiger partial charge in [0.25, 0.3) is 0 Å². The molecule has 0 atom stereocenters. The quantitative estimate of drug-likeness (QED) is 0.601. The van der Waals surface area contributed by atoms with Crippen LogP contribution in [0.4, 0.5) is 0 Å². The van der Waals surface area contributed by atoms with Crippen molar-refractivity contribution in [2.75, 3.05) is 21.3 Å². The first-order valence-electron chi connectivity index (χ1n) is 8.09. The highest BCUT2D eigenvalue weighted by molar-refractivity contribution is 6.05. The van der Waals surface area contributed by atoms with E-state index in [0.29, 0.717) is 34.1 Å². The molecule has 5 nitrogen and oxygen atoms in total. The predicted molar refractivity (Wildman–Crippen MR) is 99.3 cm³/mol. The average molecular weight is 352 g/mol. The summed E-state index contributed by atoms with van der Waals surface area (Å²) < 4.78 is 21.5. The van der Waals surface area contributed by atoms with Crippen LogP contribution in [0.25, 0.3) is 11.8 Å². The topological polar surface area (TPSA) is 54.0 Å². The molecule has 0 unspecified atom stereocenters. The van der Waals surface area contributed by atoms with E-state index in [1.807, 2.05) is 31.2 Å². The third-order valence-corrected chi connectivity index (χ3v) is 4.11. The molecule has 26 heavy (non-hydrogen) atoms. The molecule has 0 spiro atoms. The van der Waals surface area contributed by atoms with Gasteiger partial charge in [-0.3, -0.25) is 0 Å². The molecular formula is C21H20O5. The molecule has 0 bridgehead atoms. The summed E-state index contributed by atoms with van der Waals surface area (Å²) in [4.78, 5) is 12.3. The highest BCUT2D eigenvalue weighted by Crippen LogP contribution is 2.41. The summed E-state index contributed by atoms with van der Waals surface area (Å²) in [5.74, 6) is 1.64. The van der Waals surface area contributed by atoms with Crippen LogP contribution in [-0.2, 0) is 9.53 Å². The summed E-state index contributed by atoms with van der Waals surface area (Å²) in [6.45, 7) is 2.01. The van der Waals surface area contributed by atoms with Gasteiger partial charge in [0, 0.05) is 11.1 Å². The standard InChI is InChI=1S/C21H20O5/c1-13-5-7-14(8-6-13)18-12-16(21(22)26-18)11-15-9-10-17(23-2)20(25-4)19(15)24-3/h5-12H,1-4H3/b16-11+. The average Bonchev–Trinajstić information content (AvgIpc) is 3.02. The molecule has 0 amide bonds. The highest BCUT2D eigenvalue weighted by Gasteiger charge is 2.23. The molecule has 1 aliphatic rings. The minimum absolute atomic E-state index is 0.405. The number of carbonyl (C=O) groups excluding carboxylic acids is 1. The summed E-state index contributed by atoms with van der Waals surface area (Å²) in [6.07, 6.45) is 3.44. The minimum Gasteiger partial charge on any atom is -0.493 e. The maximum Gasteiger partial charge on any atom is 0.343 e. The van der Waals surface area contributed by atoms with Gasteiger partial charge in [0.1, 0.15) is 5.76 Å². The normalized spacial score (nSPS) is 14.8. The number of esters is 1. The first-order chi connectivity index (χ1) is 12.6. The van der Waals surface area contributed by atoms with Gasteiger partial charge in [0.2, 0.25) is 5.75 Å². The van der Waals surface area contributed by atoms with E-state index in [1.165, 1.54) is 7.11 Å². The van der Waals surface area contributed by atoms with Crippen LogP contribution in [0, 0.1) is 6.92 Å². The Morgan fingerprint density at radius 2 is 1.58 bits per heavy atom. The van der Waals surface area contributed by atoms with Gasteiger partial charge in [-0.2, -0.15) is 0 Å². The number of ether oxygens (including phenoxy) is 4. The largest absolute Gasteiger partial charge is 0.493 e. The van der Waals surface area contributed by atoms with Crippen LogP contribution in [-0.4, -0.2) is 27.3 Å². The number of hydrogen-bond acceptors (Lipinski definition) is 5. The smallest absolute Gasteiger partial charge is 0.343 e. The van der Waals surface area contributed by atoms with Crippen LogP contribution in [0.3, 0.4) is 0 Å². The van der Waals surface area contributed by atoms with Gasteiger partial charge in [-0.05, 0) is 31.2 Å². The Balaban J connectivity index is 2.02. The fraction of sp³-hybridized carbons (Fsp3) is 0.190. The van der Waals surface area contributed by atoms with E-state index in [-0.39, 0.29) is 0 Å². The van der Waals surface area contributed by atoms with Crippen molar-refractivity contribution in [3.63, 3.8) is 0 Å². The minimum atomic E-state index is -0.405. The van der Waals surface area contributed by atoms with Crippen molar-refractivity contribution in [3.8, 4) is 17.2 Å². The van der Waals surface area contributed by atoms with E-state index in [0.717, 1.165) is 11.1 Å². The molecule has 1 heterocycles. The Labute approximate surface area is 152 Å². The Kier molecular flexibility index (Phi) is 4.98. The van der Waals surface area contributed by atoms with Crippen molar-refractivity contribution in [3.05, 3.63) is 64.7 Å². The molecule has 5 heteroatoms. The molecule has 0 N–H and O–H groups in total. The zero-order valence-electron chi connectivity index (χ0n) is 15.2. The van der Waals surface area contributed by atoms with E-state index in [1.54, 1.807) is 38.5 Å². The molecule has 0 saturated carbocycles. The lowest BCUT2D eigenvalue weighted by Gasteiger charge is -2.14. The molecule has 2 aromatic rings. The van der Waals surface area contributed by atoms with Crippen molar-refractivity contribution in [2.45, 2.75) is 6.92 Å². The fourth-order valence-corrected chi connectivity index (χ4v) is 2.75. The third-order valence-electron chi connectivity index (χ3n) is 4.11. The highest BCUT2D eigenvalue weighted by atomic mass is 16.5. The van der Waals surface area contributed by atoms with Crippen molar-refractivity contribution in [1.82, 2.24) is 0 Å². The summed E-state index contributed by atoms with van der Waals surface area (Å²) in [5.41, 5.74) is 3.13. The molecular weight excluding hydrogens is 332 g/mol. The SMILES string of the molecule is COc1ccc(/C=C2\C=C(c3ccc(C)cc3)OC2=O)c(OC)c1OC. The number of carbonyl (C=O) groups is 1. The first-order valence-corrected chi connectivity index (χ1v) is 8.09. The molecule has 1 aliphatic heterocycles. The second-order valence-corrected chi connectivity index (χ2v) is 5.79. The Bertz CT molecular complexity index is 891. The molecule has 134 valence electrons. The molecule has 0 fully saturated rings. The van der Waals surface area contributed by atoms with Gasteiger partial charge >= 0.3 is 5.97 Å². The maximum atomic E-state index is 12.3. The lowest BCUT2D eigenvalue weighted by molar-refractivity contribution is -0.130. The predicted octanol–water partition coefficient (Wildman–Crippen LogP) is 4.00. The summed E-state index contributed by atoms with van der Waals surface area (Å²) >= 11 is 0. The van der Waals surface area contributed by atoms with E-state index < -0.39 is 5.97 Å². The van der Waals surface area contributed by atoms with Crippen molar-refractivity contribution in [1.29, 1.82) is 0 Å².